The quantitative estimate of drug-likeness (QED) is 0.269. The predicted octanol–water partition coefficient (Wildman–Crippen LogP) is 6.82. The number of nitrogens with zero attached hydrogens (tertiary/aromatic N) is 2. The summed E-state index contributed by atoms with van der Waals surface area (Å²) in [6, 6.07) is 23.3. The van der Waals surface area contributed by atoms with Gasteiger partial charge >= 0.3 is 0 Å². The molecule has 9 heteroatoms. The molecule has 34 heavy (non-hydrogen) atoms. The Kier molecular flexibility index (Phi) is 7.64. The van der Waals surface area contributed by atoms with Gasteiger partial charge in [-0.25, -0.2) is 0 Å². The first kappa shape index (κ1) is 24.4. The van der Waals surface area contributed by atoms with Gasteiger partial charge in [-0.05, 0) is 54.4 Å². The molecule has 1 unspecified atom stereocenters. The van der Waals surface area contributed by atoms with E-state index in [1.165, 1.54) is 22.7 Å². The molecule has 0 spiro atoms. The molecule has 3 aromatic carbocycles. The van der Waals surface area contributed by atoms with E-state index in [2.05, 4.69) is 21.2 Å². The minimum atomic E-state index is -0.638. The highest BCUT2D eigenvalue weighted by Crippen LogP contribution is 2.42. The number of thioether (sulfide) groups is 1. The minimum Gasteiger partial charge on any atom is -0.321 e. The van der Waals surface area contributed by atoms with Gasteiger partial charge in [0.2, 0.25) is 5.91 Å². The molecule has 0 saturated carbocycles. The Hall–Kier alpha value is -2.76. The number of carbonyl (C=O) groups excluding carboxylic acids is 2. The first-order chi connectivity index (χ1) is 16.4. The van der Waals surface area contributed by atoms with Gasteiger partial charge in [-0.15, -0.1) is 0 Å². The second-order valence-electron chi connectivity index (χ2n) is 7.32. The van der Waals surface area contributed by atoms with E-state index >= 15 is 0 Å². The van der Waals surface area contributed by atoms with Crippen molar-refractivity contribution < 1.29 is 9.59 Å². The standard InChI is InChI=1S/C25H16BrCl2N3O2S/c26-16-8-6-15(7-9-16)12-22-24(33)31(18-4-2-1-3-5-18)25(34-22)19(14-29)23(32)30-17-10-11-20(27)21(28)13-17/h1-11,13,22H,12H2,(H,30,32). The van der Waals surface area contributed by atoms with Crippen LogP contribution in [0, 0.1) is 11.3 Å². The Labute approximate surface area is 219 Å². The molecule has 0 aromatic heterocycles. The molecule has 170 valence electrons. The Morgan fingerprint density at radius 2 is 1.76 bits per heavy atom. The number of benzene rings is 3. The van der Waals surface area contributed by atoms with Gasteiger partial charge < -0.3 is 5.32 Å². The zero-order chi connectivity index (χ0) is 24.2. The summed E-state index contributed by atoms with van der Waals surface area (Å²) in [5.74, 6) is -0.828. The highest BCUT2D eigenvalue weighted by Gasteiger charge is 2.40. The van der Waals surface area contributed by atoms with E-state index in [-0.39, 0.29) is 16.5 Å². The fourth-order valence-corrected chi connectivity index (χ4v) is 5.27. The molecule has 0 bridgehead atoms. The number of amides is 2. The number of para-hydroxylation sites is 1. The van der Waals surface area contributed by atoms with Gasteiger partial charge in [-0.3, -0.25) is 14.5 Å². The van der Waals surface area contributed by atoms with Gasteiger partial charge in [0.1, 0.15) is 16.7 Å². The third-order valence-electron chi connectivity index (χ3n) is 5.03. The number of anilines is 2. The number of carbonyl (C=O) groups is 2. The fraction of sp³-hybridized carbons (Fsp3) is 0.0800. The van der Waals surface area contributed by atoms with Crippen molar-refractivity contribution in [1.82, 2.24) is 0 Å². The normalized spacial score (nSPS) is 16.8. The monoisotopic (exact) mass is 571 g/mol. The maximum Gasteiger partial charge on any atom is 0.269 e. The summed E-state index contributed by atoms with van der Waals surface area (Å²) in [5, 5.41) is 13.0. The molecular formula is C25H16BrCl2N3O2S. The lowest BCUT2D eigenvalue weighted by molar-refractivity contribution is -0.117. The summed E-state index contributed by atoms with van der Waals surface area (Å²) in [6.07, 6.45) is 0.455. The smallest absolute Gasteiger partial charge is 0.269 e. The van der Waals surface area contributed by atoms with Crippen molar-refractivity contribution in [3.63, 3.8) is 0 Å². The van der Waals surface area contributed by atoms with Crippen LogP contribution in [0.25, 0.3) is 0 Å². The highest BCUT2D eigenvalue weighted by atomic mass is 79.9. The van der Waals surface area contributed by atoms with Crippen LogP contribution in [-0.4, -0.2) is 17.1 Å². The summed E-state index contributed by atoms with van der Waals surface area (Å²) in [7, 11) is 0. The number of hydrogen-bond donors (Lipinski definition) is 1. The Bertz CT molecular complexity index is 1320. The van der Waals surface area contributed by atoms with Crippen LogP contribution in [0.2, 0.25) is 10.0 Å². The van der Waals surface area contributed by atoms with Gasteiger partial charge in [-0.1, -0.05) is 81.2 Å². The molecule has 0 aliphatic carbocycles. The molecule has 1 N–H and O–H groups in total. The van der Waals surface area contributed by atoms with Crippen molar-refractivity contribution in [3.8, 4) is 6.07 Å². The third kappa shape index (κ3) is 5.31. The molecule has 4 rings (SSSR count). The lowest BCUT2D eigenvalue weighted by Crippen LogP contribution is -2.30. The van der Waals surface area contributed by atoms with Crippen LogP contribution < -0.4 is 10.2 Å². The number of nitrogens with one attached hydrogen (secondary N) is 1. The second kappa shape index (κ2) is 10.7. The first-order valence-corrected chi connectivity index (χ1v) is 12.5. The van der Waals surface area contributed by atoms with Gasteiger partial charge in [0.05, 0.1) is 15.3 Å². The zero-order valence-electron chi connectivity index (χ0n) is 17.5. The molecule has 0 radical (unpaired) electrons. The third-order valence-corrected chi connectivity index (χ3v) is 7.56. The van der Waals surface area contributed by atoms with E-state index in [4.69, 9.17) is 23.2 Å². The summed E-state index contributed by atoms with van der Waals surface area (Å²) in [4.78, 5) is 28.0. The van der Waals surface area contributed by atoms with E-state index in [1.54, 1.807) is 36.4 Å². The number of halogens is 3. The van der Waals surface area contributed by atoms with Crippen LogP contribution in [0.15, 0.2) is 87.9 Å². The Balaban J connectivity index is 1.70. The van der Waals surface area contributed by atoms with Gasteiger partial charge in [0, 0.05) is 15.8 Å². The summed E-state index contributed by atoms with van der Waals surface area (Å²) >= 11 is 16.6. The topological polar surface area (TPSA) is 73.2 Å². The average Bonchev–Trinajstić information content (AvgIpc) is 3.14. The second-order valence-corrected chi connectivity index (χ2v) is 10.2. The van der Waals surface area contributed by atoms with E-state index in [9.17, 15) is 14.9 Å². The molecule has 2 amide bonds. The number of nitriles is 1. The van der Waals surface area contributed by atoms with Crippen LogP contribution >= 0.6 is 50.9 Å². The summed E-state index contributed by atoms with van der Waals surface area (Å²) < 4.78 is 0.943. The molecule has 3 aromatic rings. The number of hydrogen-bond acceptors (Lipinski definition) is 4. The lowest BCUT2D eigenvalue weighted by Gasteiger charge is -2.18. The van der Waals surface area contributed by atoms with E-state index in [1.807, 2.05) is 36.4 Å². The van der Waals surface area contributed by atoms with Crippen molar-refractivity contribution in [2.45, 2.75) is 11.7 Å². The molecule has 1 aliphatic heterocycles. The predicted molar refractivity (Wildman–Crippen MR) is 141 cm³/mol. The molecule has 1 heterocycles. The summed E-state index contributed by atoms with van der Waals surface area (Å²) in [6.45, 7) is 0. The van der Waals surface area contributed by atoms with E-state index in [0.29, 0.717) is 27.8 Å². The van der Waals surface area contributed by atoms with Crippen LogP contribution in [0.3, 0.4) is 0 Å². The average molecular weight is 573 g/mol. The fourth-order valence-electron chi connectivity index (χ4n) is 3.40. The van der Waals surface area contributed by atoms with Crippen LogP contribution in [-0.2, 0) is 16.0 Å². The van der Waals surface area contributed by atoms with Crippen molar-refractivity contribution in [3.05, 3.63) is 103 Å². The molecule has 5 nitrogen and oxygen atoms in total. The molecule has 1 aliphatic rings. The molecule has 1 atom stereocenters. The summed E-state index contributed by atoms with van der Waals surface area (Å²) in [5.41, 5.74) is 1.79. The van der Waals surface area contributed by atoms with Crippen LogP contribution in [0.5, 0.6) is 0 Å². The molecular weight excluding hydrogens is 557 g/mol. The van der Waals surface area contributed by atoms with E-state index in [0.717, 1.165) is 10.0 Å². The van der Waals surface area contributed by atoms with Crippen molar-refractivity contribution in [2.24, 2.45) is 0 Å². The minimum absolute atomic E-state index is 0.161. The van der Waals surface area contributed by atoms with Crippen molar-refractivity contribution in [1.29, 1.82) is 5.26 Å². The zero-order valence-corrected chi connectivity index (χ0v) is 21.4. The van der Waals surface area contributed by atoms with Crippen molar-refractivity contribution >= 4 is 74.1 Å². The Morgan fingerprint density at radius 1 is 1.06 bits per heavy atom. The van der Waals surface area contributed by atoms with Gasteiger partial charge in [0.25, 0.3) is 5.91 Å². The lowest BCUT2D eigenvalue weighted by atomic mass is 10.1. The first-order valence-electron chi connectivity index (χ1n) is 10.1. The van der Waals surface area contributed by atoms with Gasteiger partial charge in [-0.2, -0.15) is 5.26 Å². The maximum absolute atomic E-state index is 13.5. The number of rotatable bonds is 5. The Morgan fingerprint density at radius 3 is 2.41 bits per heavy atom. The molecule has 1 fully saturated rings. The highest BCUT2D eigenvalue weighted by molar-refractivity contribution is 9.10. The van der Waals surface area contributed by atoms with Crippen molar-refractivity contribution in [2.75, 3.05) is 10.2 Å². The SMILES string of the molecule is N#CC(C(=O)Nc1ccc(Cl)c(Cl)c1)=C1SC(Cc2ccc(Br)cc2)C(=O)N1c1ccccc1. The van der Waals surface area contributed by atoms with E-state index < -0.39 is 11.2 Å². The largest absolute Gasteiger partial charge is 0.321 e. The van der Waals surface area contributed by atoms with Crippen LogP contribution in [0.1, 0.15) is 5.56 Å². The van der Waals surface area contributed by atoms with Gasteiger partial charge in [0.15, 0.2) is 0 Å². The van der Waals surface area contributed by atoms with Crippen LogP contribution in [0.4, 0.5) is 11.4 Å². The molecule has 1 saturated heterocycles. The maximum atomic E-state index is 13.5.